The van der Waals surface area contributed by atoms with E-state index < -0.39 is 0 Å². The van der Waals surface area contributed by atoms with E-state index in [4.69, 9.17) is 23.8 Å². The molecule has 6 heteroatoms. The Labute approximate surface area is 287 Å². The minimum absolute atomic E-state index is 0.219. The van der Waals surface area contributed by atoms with Crippen molar-refractivity contribution in [2.45, 2.75) is 6.04 Å². The van der Waals surface area contributed by atoms with E-state index in [0.717, 1.165) is 89.4 Å². The number of rotatable bonds is 5. The Morgan fingerprint density at radius 1 is 0.500 bits per heavy atom. The quantitative estimate of drug-likeness (QED) is 0.202. The summed E-state index contributed by atoms with van der Waals surface area (Å²) in [5.41, 5.74) is 9.95. The molecule has 10 rings (SSSR count). The monoisotopic (exact) mass is 644 g/mol. The predicted octanol–water partition coefficient (Wildman–Crippen LogP) is 10.9. The molecule has 6 aromatic carbocycles. The fraction of sp³-hybridized carbons (Fsp3) is 0.0227. The molecule has 1 atom stereocenters. The van der Waals surface area contributed by atoms with Gasteiger partial charge in [-0.3, -0.25) is 0 Å². The number of nitrogens with zero attached hydrogens (tertiary/aromatic N) is 3. The maximum absolute atomic E-state index is 6.46. The molecule has 9 aromatic rings. The maximum atomic E-state index is 6.46. The number of aromatic nitrogens is 2. The molecule has 0 amide bonds. The molecule has 0 radical (unpaired) electrons. The average molecular weight is 645 g/mol. The molecule has 0 aliphatic carbocycles. The van der Waals surface area contributed by atoms with E-state index in [-0.39, 0.29) is 6.04 Å². The first-order valence-corrected chi connectivity index (χ1v) is 16.6. The topological polar surface area (TPSA) is 76.5 Å². The number of benzene rings is 6. The summed E-state index contributed by atoms with van der Waals surface area (Å²) in [5.74, 6) is 2.24. The normalized spacial score (nSPS) is 14.1. The summed E-state index contributed by atoms with van der Waals surface area (Å²) in [4.78, 5) is 15.3. The van der Waals surface area contributed by atoms with E-state index in [9.17, 15) is 0 Å². The van der Waals surface area contributed by atoms with Crippen molar-refractivity contribution in [1.29, 1.82) is 0 Å². The average Bonchev–Trinajstić information content (AvgIpc) is 3.76. The molecule has 0 saturated carbocycles. The molecule has 1 aliphatic rings. The third-order valence-electron chi connectivity index (χ3n) is 9.37. The molecule has 0 spiro atoms. The van der Waals surface area contributed by atoms with Crippen LogP contribution in [-0.2, 0) is 0 Å². The first-order valence-electron chi connectivity index (χ1n) is 16.6. The SMILES string of the molecule is c1ccc(-c2cc(-c3ccc4oc5cccc(C6=Nc7c(oc8ccccc78)C(c7ccccc7)N6)c5c4c3)nc(-c3ccccc3)n2)cc1. The van der Waals surface area contributed by atoms with E-state index in [2.05, 4.69) is 72.0 Å². The van der Waals surface area contributed by atoms with E-state index in [1.807, 2.05) is 91.0 Å². The van der Waals surface area contributed by atoms with Crippen LogP contribution in [0.25, 0.3) is 66.8 Å². The number of hydrogen-bond donors (Lipinski definition) is 1. The van der Waals surface area contributed by atoms with Crippen molar-refractivity contribution in [2.24, 2.45) is 4.99 Å². The van der Waals surface area contributed by atoms with Crippen LogP contribution in [0.2, 0.25) is 0 Å². The molecule has 236 valence electrons. The third-order valence-corrected chi connectivity index (χ3v) is 9.37. The zero-order valence-corrected chi connectivity index (χ0v) is 26.7. The second kappa shape index (κ2) is 11.4. The summed E-state index contributed by atoms with van der Waals surface area (Å²) in [7, 11) is 0. The number of para-hydroxylation sites is 1. The fourth-order valence-electron chi connectivity index (χ4n) is 6.98. The fourth-order valence-corrected chi connectivity index (χ4v) is 6.98. The van der Waals surface area contributed by atoms with Gasteiger partial charge in [0.1, 0.15) is 34.3 Å². The van der Waals surface area contributed by atoms with Gasteiger partial charge in [0.25, 0.3) is 0 Å². The Balaban J connectivity index is 1.16. The van der Waals surface area contributed by atoms with Crippen LogP contribution in [0, 0.1) is 0 Å². The molecule has 50 heavy (non-hydrogen) atoms. The number of nitrogens with one attached hydrogen (secondary N) is 1. The molecule has 0 fully saturated rings. The Hall–Kier alpha value is -6.79. The minimum Gasteiger partial charge on any atom is -0.456 e. The van der Waals surface area contributed by atoms with Crippen molar-refractivity contribution in [3.05, 3.63) is 175 Å². The lowest BCUT2D eigenvalue weighted by Crippen LogP contribution is -2.32. The number of furan rings is 2. The largest absolute Gasteiger partial charge is 0.456 e. The van der Waals surface area contributed by atoms with Crippen LogP contribution in [0.1, 0.15) is 22.9 Å². The van der Waals surface area contributed by atoms with E-state index in [0.29, 0.717) is 5.82 Å². The van der Waals surface area contributed by atoms with Gasteiger partial charge in [-0.1, -0.05) is 115 Å². The maximum Gasteiger partial charge on any atom is 0.160 e. The highest BCUT2D eigenvalue weighted by molar-refractivity contribution is 6.19. The summed E-state index contributed by atoms with van der Waals surface area (Å²) in [6, 6.07) is 53.1. The van der Waals surface area contributed by atoms with Crippen molar-refractivity contribution >= 4 is 44.4 Å². The van der Waals surface area contributed by atoms with Crippen molar-refractivity contribution < 1.29 is 8.83 Å². The number of fused-ring (bicyclic) bond motifs is 6. The summed E-state index contributed by atoms with van der Waals surface area (Å²) >= 11 is 0. The van der Waals surface area contributed by atoms with E-state index >= 15 is 0 Å². The zero-order chi connectivity index (χ0) is 33.0. The van der Waals surface area contributed by atoms with Gasteiger partial charge in [0.15, 0.2) is 11.6 Å². The van der Waals surface area contributed by atoms with Crippen molar-refractivity contribution in [3.63, 3.8) is 0 Å². The lowest BCUT2D eigenvalue weighted by molar-refractivity contribution is 0.504. The predicted molar refractivity (Wildman–Crippen MR) is 199 cm³/mol. The summed E-state index contributed by atoms with van der Waals surface area (Å²) in [6.45, 7) is 0. The second-order valence-corrected chi connectivity index (χ2v) is 12.4. The highest BCUT2D eigenvalue weighted by Crippen LogP contribution is 2.43. The Bertz CT molecular complexity index is 2670. The van der Waals surface area contributed by atoms with Crippen LogP contribution in [0.15, 0.2) is 172 Å². The van der Waals surface area contributed by atoms with Gasteiger partial charge < -0.3 is 14.2 Å². The van der Waals surface area contributed by atoms with Crippen LogP contribution >= 0.6 is 0 Å². The van der Waals surface area contributed by atoms with E-state index in [1.165, 1.54) is 0 Å². The molecule has 0 bridgehead atoms. The highest BCUT2D eigenvalue weighted by atomic mass is 16.3. The first kappa shape index (κ1) is 28.2. The molecular formula is C44H28N4O2. The smallest absolute Gasteiger partial charge is 0.160 e. The third kappa shape index (κ3) is 4.69. The van der Waals surface area contributed by atoms with Gasteiger partial charge in [0, 0.05) is 38.4 Å². The van der Waals surface area contributed by atoms with Crippen molar-refractivity contribution in [1.82, 2.24) is 15.3 Å². The molecule has 1 aliphatic heterocycles. The second-order valence-electron chi connectivity index (χ2n) is 12.4. The molecular weight excluding hydrogens is 617 g/mol. The minimum atomic E-state index is -0.219. The molecule has 1 unspecified atom stereocenters. The van der Waals surface area contributed by atoms with Crippen LogP contribution in [-0.4, -0.2) is 15.8 Å². The Kier molecular flexibility index (Phi) is 6.45. The Morgan fingerprint density at radius 3 is 1.96 bits per heavy atom. The lowest BCUT2D eigenvalue weighted by Gasteiger charge is -2.24. The van der Waals surface area contributed by atoms with Gasteiger partial charge in [-0.25, -0.2) is 15.0 Å². The summed E-state index contributed by atoms with van der Waals surface area (Å²) in [6.07, 6.45) is 0. The van der Waals surface area contributed by atoms with Gasteiger partial charge in [-0.15, -0.1) is 0 Å². The van der Waals surface area contributed by atoms with Crippen LogP contribution in [0.4, 0.5) is 5.69 Å². The molecule has 6 nitrogen and oxygen atoms in total. The molecule has 0 saturated heterocycles. The molecule has 3 aromatic heterocycles. The van der Waals surface area contributed by atoms with Gasteiger partial charge in [0.2, 0.25) is 0 Å². The molecule has 1 N–H and O–H groups in total. The Morgan fingerprint density at radius 2 is 1.16 bits per heavy atom. The van der Waals surface area contributed by atoms with Crippen LogP contribution in [0.5, 0.6) is 0 Å². The summed E-state index contributed by atoms with van der Waals surface area (Å²) < 4.78 is 12.9. The standard InChI is InChI=1S/C44H28N4O2/c1-4-13-27(14-5-1)34-26-35(46-43(45-34)29-17-8-3-9-18-29)30-23-24-37-33(25-30)39-32(20-12-22-38(39)49-37)44-47-40(28-15-6-2-7-16-28)42-41(48-44)31-19-10-11-21-36(31)50-42/h1-26,40H,(H,47,48). The highest BCUT2D eigenvalue weighted by Gasteiger charge is 2.31. The first-order chi connectivity index (χ1) is 24.8. The molecule has 4 heterocycles. The van der Waals surface area contributed by atoms with Gasteiger partial charge >= 0.3 is 0 Å². The van der Waals surface area contributed by atoms with Crippen molar-refractivity contribution in [3.8, 4) is 33.9 Å². The van der Waals surface area contributed by atoms with E-state index in [1.54, 1.807) is 0 Å². The van der Waals surface area contributed by atoms with Crippen molar-refractivity contribution in [2.75, 3.05) is 0 Å². The van der Waals surface area contributed by atoms with Crippen LogP contribution in [0.3, 0.4) is 0 Å². The summed E-state index contributed by atoms with van der Waals surface area (Å²) in [5, 5.41) is 6.70. The van der Waals surface area contributed by atoms with Gasteiger partial charge in [-0.2, -0.15) is 0 Å². The number of aliphatic imine (C=N–C) groups is 1. The number of amidine groups is 1. The zero-order valence-electron chi connectivity index (χ0n) is 26.7. The number of hydrogen-bond acceptors (Lipinski definition) is 6. The van der Waals surface area contributed by atoms with Gasteiger partial charge in [0.05, 0.1) is 11.4 Å². The van der Waals surface area contributed by atoms with Gasteiger partial charge in [-0.05, 0) is 48.0 Å². The van der Waals surface area contributed by atoms with Crippen LogP contribution < -0.4 is 5.32 Å². The lowest BCUT2D eigenvalue weighted by atomic mass is 9.98.